The summed E-state index contributed by atoms with van der Waals surface area (Å²) in [5.41, 5.74) is 5.34. The van der Waals surface area contributed by atoms with E-state index in [1.54, 1.807) is 0 Å². The van der Waals surface area contributed by atoms with Crippen molar-refractivity contribution in [3.05, 3.63) is 0 Å². The van der Waals surface area contributed by atoms with Gasteiger partial charge in [-0.3, -0.25) is 9.59 Å². The van der Waals surface area contributed by atoms with Crippen LogP contribution in [-0.4, -0.2) is 46.6 Å². The summed E-state index contributed by atoms with van der Waals surface area (Å²) < 4.78 is 0. The molecule has 0 aromatic carbocycles. The maximum Gasteiger partial charge on any atom is 0.224 e. The molecule has 0 heterocycles. The number of nitrogens with two attached hydrogens (primary N) is 1. The van der Waals surface area contributed by atoms with Crippen LogP contribution in [-0.2, 0) is 9.59 Å². The Balaban J connectivity index is 3.93. The minimum atomic E-state index is -0.401. The van der Waals surface area contributed by atoms with Crippen LogP contribution in [0.25, 0.3) is 0 Å². The second kappa shape index (κ2) is 11.5. The molecule has 3 N–H and O–H groups in total. The number of aliphatic hydroxyl groups is 1. The lowest BCUT2D eigenvalue weighted by atomic mass is 10.2. The molecule has 0 aromatic heterocycles. The number of unbranched alkanes of at least 4 members (excludes halogenated alkanes) is 2. The summed E-state index contributed by atoms with van der Waals surface area (Å²) in [4.78, 5) is 24.4. The molecule has 1 amide bonds. The minimum absolute atomic E-state index is 0.00760. The lowest BCUT2D eigenvalue weighted by Gasteiger charge is -2.18. The smallest absolute Gasteiger partial charge is 0.224 e. The van der Waals surface area contributed by atoms with E-state index in [-0.39, 0.29) is 17.6 Å². The van der Waals surface area contributed by atoms with Crippen molar-refractivity contribution in [2.45, 2.75) is 39.0 Å². The van der Waals surface area contributed by atoms with Crippen LogP contribution in [0.1, 0.15) is 39.0 Å². The molecule has 0 aliphatic heterocycles. The predicted octanol–water partition coefficient (Wildman–Crippen LogP) is 0.954. The van der Waals surface area contributed by atoms with Gasteiger partial charge in [0.2, 0.25) is 11.0 Å². The fourth-order valence-electron chi connectivity index (χ4n) is 1.33. The summed E-state index contributed by atoms with van der Waals surface area (Å²) in [5.74, 6) is 0.589. The summed E-state index contributed by atoms with van der Waals surface area (Å²) in [6.07, 6.45) is 3.85. The molecule has 0 radical (unpaired) electrons. The number of hydrogen-bond donors (Lipinski definition) is 2. The standard InChI is InChI=1S/C12H24N2O3S/c1-2-3-8-18-12(17)9-14(10-15)11(16)6-4-5-7-13/h15H,2-10,13H2,1H3. The summed E-state index contributed by atoms with van der Waals surface area (Å²) in [6, 6.07) is 0. The Morgan fingerprint density at radius 3 is 2.56 bits per heavy atom. The van der Waals surface area contributed by atoms with Gasteiger partial charge in [0, 0.05) is 12.2 Å². The predicted molar refractivity (Wildman–Crippen MR) is 74.1 cm³/mol. The highest BCUT2D eigenvalue weighted by molar-refractivity contribution is 8.13. The van der Waals surface area contributed by atoms with Crippen LogP contribution in [0, 0.1) is 0 Å². The molecule has 0 aromatic rings. The van der Waals surface area contributed by atoms with E-state index in [1.165, 1.54) is 16.7 Å². The van der Waals surface area contributed by atoms with E-state index in [2.05, 4.69) is 6.92 Å². The quantitative estimate of drug-likeness (QED) is 0.458. The molecule has 0 aliphatic rings. The molecule has 0 saturated carbocycles. The topological polar surface area (TPSA) is 83.6 Å². The van der Waals surface area contributed by atoms with E-state index in [0.29, 0.717) is 19.4 Å². The third kappa shape index (κ3) is 8.49. The van der Waals surface area contributed by atoms with Gasteiger partial charge in [-0.25, -0.2) is 0 Å². The first-order chi connectivity index (χ1) is 8.65. The van der Waals surface area contributed by atoms with Crippen molar-refractivity contribution >= 4 is 22.8 Å². The van der Waals surface area contributed by atoms with Crippen LogP contribution in [0.5, 0.6) is 0 Å². The monoisotopic (exact) mass is 276 g/mol. The van der Waals surface area contributed by atoms with E-state index in [1.807, 2.05) is 0 Å². The molecule has 0 aliphatic carbocycles. The van der Waals surface area contributed by atoms with Crippen molar-refractivity contribution < 1.29 is 14.7 Å². The van der Waals surface area contributed by atoms with Crippen LogP contribution in [0.4, 0.5) is 0 Å². The molecule has 0 rings (SSSR count). The van der Waals surface area contributed by atoms with E-state index >= 15 is 0 Å². The molecular formula is C12H24N2O3S. The molecule has 5 nitrogen and oxygen atoms in total. The largest absolute Gasteiger partial charge is 0.376 e. The number of amides is 1. The highest BCUT2D eigenvalue weighted by atomic mass is 32.2. The van der Waals surface area contributed by atoms with Crippen molar-refractivity contribution in [2.24, 2.45) is 5.73 Å². The van der Waals surface area contributed by atoms with Gasteiger partial charge in [0.1, 0.15) is 6.73 Å². The first-order valence-electron chi connectivity index (χ1n) is 6.40. The van der Waals surface area contributed by atoms with Crippen molar-refractivity contribution in [1.29, 1.82) is 0 Å². The Hall–Kier alpha value is -0.590. The molecule has 0 saturated heterocycles. The van der Waals surface area contributed by atoms with Crippen LogP contribution in [0.3, 0.4) is 0 Å². The fourth-order valence-corrected chi connectivity index (χ4v) is 2.24. The zero-order valence-corrected chi connectivity index (χ0v) is 11.9. The Bertz CT molecular complexity index is 249. The van der Waals surface area contributed by atoms with Crippen LogP contribution in [0.15, 0.2) is 0 Å². The van der Waals surface area contributed by atoms with Crippen LogP contribution in [0.2, 0.25) is 0 Å². The number of nitrogens with zero attached hydrogens (tertiary/aromatic N) is 1. The molecule has 0 fully saturated rings. The summed E-state index contributed by atoms with van der Waals surface area (Å²) in [5, 5.41) is 9.03. The molecule has 6 heteroatoms. The first kappa shape index (κ1) is 17.4. The zero-order valence-electron chi connectivity index (χ0n) is 11.1. The average molecular weight is 276 g/mol. The maximum atomic E-state index is 11.7. The molecule has 0 bridgehead atoms. The highest BCUT2D eigenvalue weighted by Gasteiger charge is 2.15. The number of hydrogen-bond acceptors (Lipinski definition) is 5. The van der Waals surface area contributed by atoms with Gasteiger partial charge in [-0.1, -0.05) is 25.1 Å². The highest BCUT2D eigenvalue weighted by Crippen LogP contribution is 2.08. The van der Waals surface area contributed by atoms with Gasteiger partial charge in [-0.2, -0.15) is 0 Å². The van der Waals surface area contributed by atoms with E-state index in [4.69, 9.17) is 10.8 Å². The third-order valence-electron chi connectivity index (χ3n) is 2.45. The summed E-state index contributed by atoms with van der Waals surface area (Å²) >= 11 is 1.23. The van der Waals surface area contributed by atoms with Gasteiger partial charge in [-0.15, -0.1) is 0 Å². The number of carbonyl (C=O) groups excluding carboxylic acids is 2. The number of thioether (sulfide) groups is 1. The summed E-state index contributed by atoms with van der Waals surface area (Å²) in [7, 11) is 0. The Morgan fingerprint density at radius 1 is 1.28 bits per heavy atom. The fraction of sp³-hybridized carbons (Fsp3) is 0.833. The van der Waals surface area contributed by atoms with E-state index in [0.717, 1.165) is 25.0 Å². The normalized spacial score (nSPS) is 10.4. The maximum absolute atomic E-state index is 11.7. The van der Waals surface area contributed by atoms with Crippen molar-refractivity contribution in [3.63, 3.8) is 0 Å². The van der Waals surface area contributed by atoms with Gasteiger partial charge in [0.15, 0.2) is 0 Å². The van der Waals surface area contributed by atoms with Gasteiger partial charge < -0.3 is 15.7 Å². The number of carbonyl (C=O) groups is 2. The summed E-state index contributed by atoms with van der Waals surface area (Å²) in [6.45, 7) is 2.21. The van der Waals surface area contributed by atoms with Gasteiger partial charge in [0.25, 0.3) is 0 Å². The zero-order chi connectivity index (χ0) is 13.8. The van der Waals surface area contributed by atoms with Gasteiger partial charge in [0.05, 0.1) is 6.54 Å². The molecule has 0 spiro atoms. The third-order valence-corrected chi connectivity index (χ3v) is 3.39. The van der Waals surface area contributed by atoms with Crippen molar-refractivity contribution in [1.82, 2.24) is 4.90 Å². The molecular weight excluding hydrogens is 252 g/mol. The Kier molecular flexibility index (Phi) is 11.1. The second-order valence-electron chi connectivity index (χ2n) is 4.05. The van der Waals surface area contributed by atoms with Crippen LogP contribution >= 0.6 is 11.8 Å². The SMILES string of the molecule is CCCCSC(=O)CN(CO)C(=O)CCCCN. The second-order valence-corrected chi connectivity index (χ2v) is 5.21. The Morgan fingerprint density at radius 2 is 2.00 bits per heavy atom. The molecule has 18 heavy (non-hydrogen) atoms. The number of aliphatic hydroxyl groups excluding tert-OH is 1. The average Bonchev–Trinajstić information content (AvgIpc) is 2.36. The first-order valence-corrected chi connectivity index (χ1v) is 7.38. The van der Waals surface area contributed by atoms with Crippen molar-refractivity contribution in [3.8, 4) is 0 Å². The molecule has 0 unspecified atom stereocenters. The van der Waals surface area contributed by atoms with Crippen LogP contribution < -0.4 is 5.73 Å². The van der Waals surface area contributed by atoms with Gasteiger partial charge >= 0.3 is 0 Å². The lowest BCUT2D eigenvalue weighted by Crippen LogP contribution is -2.35. The lowest BCUT2D eigenvalue weighted by molar-refractivity contribution is -0.137. The number of rotatable bonds is 10. The van der Waals surface area contributed by atoms with Gasteiger partial charge in [-0.05, 0) is 25.8 Å². The van der Waals surface area contributed by atoms with E-state index in [9.17, 15) is 9.59 Å². The van der Waals surface area contributed by atoms with Crippen molar-refractivity contribution in [2.75, 3.05) is 25.6 Å². The van der Waals surface area contributed by atoms with E-state index < -0.39 is 6.73 Å². The Labute approximate surface area is 113 Å². The molecule has 0 atom stereocenters. The minimum Gasteiger partial charge on any atom is -0.376 e. The molecule has 106 valence electrons.